The molecule has 1 heterocycles. The number of aryl methyl sites for hydroxylation is 2. The summed E-state index contributed by atoms with van der Waals surface area (Å²) >= 11 is 0. The molecule has 0 radical (unpaired) electrons. The number of nitrogens with one attached hydrogen (secondary N) is 1. The number of hydrogen-bond acceptors (Lipinski definition) is 2. The Morgan fingerprint density at radius 3 is 2.09 bits per heavy atom. The summed E-state index contributed by atoms with van der Waals surface area (Å²) < 4.78 is 0. The predicted octanol–water partition coefficient (Wildman–Crippen LogP) is 3.25. The molecule has 0 aliphatic carbocycles. The van der Waals surface area contributed by atoms with Crippen molar-refractivity contribution in [3.8, 4) is 0 Å². The largest absolute Gasteiger partial charge is 0.334 e. The van der Waals surface area contributed by atoms with E-state index in [1.54, 1.807) is 4.90 Å². The predicted molar refractivity (Wildman–Crippen MR) is 93.4 cm³/mol. The van der Waals surface area contributed by atoms with E-state index in [0.29, 0.717) is 24.9 Å². The third kappa shape index (κ3) is 4.12. The summed E-state index contributed by atoms with van der Waals surface area (Å²) in [5.41, 5.74) is 2.96. The molecule has 2 atom stereocenters. The minimum Gasteiger partial charge on any atom is -0.334 e. The van der Waals surface area contributed by atoms with Crippen LogP contribution in [0.3, 0.4) is 0 Å². The Balaban J connectivity index is 2.14. The summed E-state index contributed by atoms with van der Waals surface area (Å²) in [4.78, 5) is 26.7. The molecule has 2 amide bonds. The molecule has 2 rings (SSSR count). The first-order chi connectivity index (χ1) is 11.0. The van der Waals surface area contributed by atoms with Gasteiger partial charge in [0.2, 0.25) is 0 Å². The first kappa shape index (κ1) is 17.5. The maximum Gasteiger partial charge on any atom is 0.313 e. The molecule has 1 aromatic rings. The number of benzene rings is 1. The monoisotopic (exact) mass is 316 g/mol. The molecule has 0 bridgehead atoms. The van der Waals surface area contributed by atoms with Crippen molar-refractivity contribution in [3.05, 3.63) is 29.3 Å². The zero-order valence-corrected chi connectivity index (χ0v) is 14.7. The Kier molecular flexibility index (Phi) is 5.80. The van der Waals surface area contributed by atoms with Gasteiger partial charge in [-0.3, -0.25) is 9.59 Å². The van der Waals surface area contributed by atoms with Gasteiger partial charge in [-0.2, -0.15) is 0 Å². The lowest BCUT2D eigenvalue weighted by molar-refractivity contribution is -0.144. The first-order valence-electron chi connectivity index (χ1n) is 8.67. The molecule has 1 N–H and O–H groups in total. The van der Waals surface area contributed by atoms with E-state index in [0.717, 1.165) is 36.1 Å². The van der Waals surface area contributed by atoms with E-state index in [1.807, 2.05) is 18.2 Å². The highest BCUT2D eigenvalue weighted by Crippen LogP contribution is 2.24. The smallest absolute Gasteiger partial charge is 0.313 e. The lowest BCUT2D eigenvalue weighted by Gasteiger charge is -2.34. The van der Waals surface area contributed by atoms with Gasteiger partial charge in [0.1, 0.15) is 0 Å². The molecular formula is C19H28N2O2. The van der Waals surface area contributed by atoms with Gasteiger partial charge in [0.25, 0.3) is 0 Å². The number of hydrogen-bond donors (Lipinski definition) is 1. The summed E-state index contributed by atoms with van der Waals surface area (Å²) in [5.74, 6) is -0.0208. The second kappa shape index (κ2) is 7.62. The Bertz CT molecular complexity index is 550. The molecule has 0 saturated carbocycles. The SMILES string of the molecule is CCc1cccc(CC)c1NC(=O)C(=O)N1CC(C)CC(C)C1. The van der Waals surface area contributed by atoms with Crippen LogP contribution >= 0.6 is 0 Å². The van der Waals surface area contributed by atoms with Crippen molar-refractivity contribution in [2.24, 2.45) is 11.8 Å². The molecule has 2 unspecified atom stereocenters. The second-order valence-corrected chi connectivity index (χ2v) is 6.77. The Hall–Kier alpha value is -1.84. The fourth-order valence-electron chi connectivity index (χ4n) is 3.54. The fraction of sp³-hybridized carbons (Fsp3) is 0.579. The van der Waals surface area contributed by atoms with Crippen LogP contribution in [0.15, 0.2) is 18.2 Å². The highest BCUT2D eigenvalue weighted by atomic mass is 16.2. The lowest BCUT2D eigenvalue weighted by Crippen LogP contribution is -2.47. The van der Waals surface area contributed by atoms with Crippen molar-refractivity contribution in [2.75, 3.05) is 18.4 Å². The highest BCUT2D eigenvalue weighted by molar-refractivity contribution is 6.39. The minimum atomic E-state index is -0.512. The first-order valence-corrected chi connectivity index (χ1v) is 8.67. The number of carbonyl (C=O) groups is 2. The van der Waals surface area contributed by atoms with E-state index in [4.69, 9.17) is 0 Å². The number of piperidine rings is 1. The Morgan fingerprint density at radius 1 is 1.09 bits per heavy atom. The van der Waals surface area contributed by atoms with Crippen LogP contribution in [-0.4, -0.2) is 29.8 Å². The maximum absolute atomic E-state index is 12.5. The third-order valence-electron chi connectivity index (χ3n) is 4.59. The molecule has 126 valence electrons. The summed E-state index contributed by atoms with van der Waals surface area (Å²) in [6.45, 7) is 9.73. The normalized spacial score (nSPS) is 21.1. The van der Waals surface area contributed by atoms with Gasteiger partial charge in [-0.25, -0.2) is 0 Å². The molecule has 1 aliphatic rings. The lowest BCUT2D eigenvalue weighted by atomic mass is 9.92. The van der Waals surface area contributed by atoms with Crippen LogP contribution in [0.1, 0.15) is 45.2 Å². The van der Waals surface area contributed by atoms with E-state index in [2.05, 4.69) is 33.0 Å². The summed E-state index contributed by atoms with van der Waals surface area (Å²) in [5, 5.41) is 2.88. The quantitative estimate of drug-likeness (QED) is 0.870. The molecule has 4 heteroatoms. The van der Waals surface area contributed by atoms with E-state index in [1.165, 1.54) is 0 Å². The van der Waals surface area contributed by atoms with Crippen molar-refractivity contribution >= 4 is 17.5 Å². The zero-order chi connectivity index (χ0) is 17.0. The molecule has 23 heavy (non-hydrogen) atoms. The van der Waals surface area contributed by atoms with Crippen molar-refractivity contribution in [2.45, 2.75) is 47.0 Å². The van der Waals surface area contributed by atoms with Gasteiger partial charge >= 0.3 is 11.8 Å². The van der Waals surface area contributed by atoms with Gasteiger partial charge in [-0.1, -0.05) is 45.9 Å². The summed E-state index contributed by atoms with van der Waals surface area (Å²) in [6.07, 6.45) is 2.77. The van der Waals surface area contributed by atoms with Crippen molar-refractivity contribution in [1.82, 2.24) is 4.90 Å². The van der Waals surface area contributed by atoms with Crippen LogP contribution < -0.4 is 5.32 Å². The van der Waals surface area contributed by atoms with Crippen LogP contribution in [0.2, 0.25) is 0 Å². The molecule has 1 aromatic carbocycles. The van der Waals surface area contributed by atoms with Gasteiger partial charge in [-0.15, -0.1) is 0 Å². The summed E-state index contributed by atoms with van der Waals surface area (Å²) in [6, 6.07) is 6.01. The van der Waals surface area contributed by atoms with Gasteiger partial charge in [-0.05, 0) is 42.2 Å². The van der Waals surface area contributed by atoms with Gasteiger partial charge in [0, 0.05) is 18.8 Å². The van der Waals surface area contributed by atoms with Crippen molar-refractivity contribution < 1.29 is 9.59 Å². The Labute approximate surface area is 139 Å². The van der Waals surface area contributed by atoms with E-state index in [-0.39, 0.29) is 0 Å². The zero-order valence-electron chi connectivity index (χ0n) is 14.7. The van der Waals surface area contributed by atoms with Crippen LogP contribution in [0.5, 0.6) is 0 Å². The number of rotatable bonds is 3. The number of para-hydroxylation sites is 1. The van der Waals surface area contributed by atoms with Crippen LogP contribution in [0.4, 0.5) is 5.69 Å². The molecule has 1 aliphatic heterocycles. The van der Waals surface area contributed by atoms with Crippen molar-refractivity contribution in [3.63, 3.8) is 0 Å². The molecular weight excluding hydrogens is 288 g/mol. The topological polar surface area (TPSA) is 49.4 Å². The fourth-order valence-corrected chi connectivity index (χ4v) is 3.54. The average molecular weight is 316 g/mol. The molecule has 1 saturated heterocycles. The third-order valence-corrected chi connectivity index (χ3v) is 4.59. The number of nitrogens with zero attached hydrogens (tertiary/aromatic N) is 1. The van der Waals surface area contributed by atoms with Gasteiger partial charge < -0.3 is 10.2 Å². The number of likely N-dealkylation sites (tertiary alicyclic amines) is 1. The van der Waals surface area contributed by atoms with Gasteiger partial charge in [0.05, 0.1) is 0 Å². The number of anilines is 1. The molecule has 0 aromatic heterocycles. The number of carbonyl (C=O) groups excluding carboxylic acids is 2. The molecule has 4 nitrogen and oxygen atoms in total. The number of amides is 2. The van der Waals surface area contributed by atoms with E-state index in [9.17, 15) is 9.59 Å². The minimum absolute atomic E-state index is 0.406. The summed E-state index contributed by atoms with van der Waals surface area (Å²) in [7, 11) is 0. The average Bonchev–Trinajstić information content (AvgIpc) is 2.53. The van der Waals surface area contributed by atoms with Gasteiger partial charge in [0.15, 0.2) is 0 Å². The van der Waals surface area contributed by atoms with Crippen molar-refractivity contribution in [1.29, 1.82) is 0 Å². The molecule has 0 spiro atoms. The van der Waals surface area contributed by atoms with Crippen LogP contribution in [-0.2, 0) is 22.4 Å². The maximum atomic E-state index is 12.5. The van der Waals surface area contributed by atoms with Crippen LogP contribution in [0, 0.1) is 11.8 Å². The van der Waals surface area contributed by atoms with E-state index >= 15 is 0 Å². The second-order valence-electron chi connectivity index (χ2n) is 6.77. The standard InChI is InChI=1S/C19H28N2O2/c1-5-15-8-7-9-16(6-2)17(15)20-18(22)19(23)21-11-13(3)10-14(4)12-21/h7-9,13-14H,5-6,10-12H2,1-4H3,(H,20,22). The molecule has 1 fully saturated rings. The Morgan fingerprint density at radius 2 is 1.61 bits per heavy atom. The van der Waals surface area contributed by atoms with E-state index < -0.39 is 11.8 Å². The highest BCUT2D eigenvalue weighted by Gasteiger charge is 2.29. The van der Waals surface area contributed by atoms with Crippen LogP contribution in [0.25, 0.3) is 0 Å².